The van der Waals surface area contributed by atoms with Crippen molar-refractivity contribution in [3.8, 4) is 6.07 Å². The molecule has 3 N–H and O–H groups in total. The van der Waals surface area contributed by atoms with Gasteiger partial charge in [0.2, 0.25) is 11.8 Å². The van der Waals surface area contributed by atoms with Crippen LogP contribution >= 0.6 is 0 Å². The average molecular weight is 348 g/mol. The minimum absolute atomic E-state index is 0.0645. The first kappa shape index (κ1) is 17.5. The van der Waals surface area contributed by atoms with E-state index in [4.69, 9.17) is 5.26 Å². The average Bonchev–Trinajstić information content (AvgIpc) is 3.49. The van der Waals surface area contributed by atoms with Crippen LogP contribution in [0.2, 0.25) is 0 Å². The Labute approximate surface area is 152 Å². The van der Waals surface area contributed by atoms with E-state index in [9.17, 15) is 9.59 Å². The number of para-hydroxylation sites is 1. The Morgan fingerprint density at radius 1 is 1.04 bits per heavy atom. The molecule has 2 aromatic carbocycles. The smallest absolute Gasteiger partial charge is 0.246 e. The second-order valence-corrected chi connectivity index (χ2v) is 6.35. The zero-order valence-electron chi connectivity index (χ0n) is 14.5. The third-order valence-electron chi connectivity index (χ3n) is 4.18. The van der Waals surface area contributed by atoms with Crippen LogP contribution < -0.4 is 16.0 Å². The van der Waals surface area contributed by atoms with Crippen LogP contribution in [0, 0.1) is 17.2 Å². The summed E-state index contributed by atoms with van der Waals surface area (Å²) in [4.78, 5) is 24.1. The minimum atomic E-state index is -0.492. The van der Waals surface area contributed by atoms with Gasteiger partial charge in [-0.2, -0.15) is 5.26 Å². The van der Waals surface area contributed by atoms with Crippen molar-refractivity contribution >= 4 is 28.9 Å². The van der Waals surface area contributed by atoms with Gasteiger partial charge in [-0.3, -0.25) is 9.59 Å². The molecule has 2 amide bonds. The summed E-state index contributed by atoms with van der Waals surface area (Å²) in [6, 6.07) is 15.7. The molecule has 1 aliphatic carbocycles. The molecule has 2 aromatic rings. The molecule has 0 bridgehead atoms. The fraction of sp³-hybridized carbons (Fsp3) is 0.250. The number of hydrogen-bond acceptors (Lipinski definition) is 4. The number of nitrogens with one attached hydrogen (secondary N) is 3. The van der Waals surface area contributed by atoms with Crippen LogP contribution in [0.25, 0.3) is 0 Å². The molecule has 0 radical (unpaired) electrons. The first-order valence-electron chi connectivity index (χ1n) is 8.54. The minimum Gasteiger partial charge on any atom is -0.374 e. The molecule has 6 heteroatoms. The van der Waals surface area contributed by atoms with E-state index in [1.54, 1.807) is 43.3 Å². The Kier molecular flexibility index (Phi) is 5.18. The first-order chi connectivity index (χ1) is 12.6. The molecular weight excluding hydrogens is 328 g/mol. The van der Waals surface area contributed by atoms with E-state index in [2.05, 4.69) is 22.0 Å². The zero-order chi connectivity index (χ0) is 18.5. The van der Waals surface area contributed by atoms with Crippen LogP contribution in [0.3, 0.4) is 0 Å². The lowest BCUT2D eigenvalue weighted by atomic mass is 10.2. The van der Waals surface area contributed by atoms with Gasteiger partial charge in [-0.05, 0) is 56.2 Å². The van der Waals surface area contributed by atoms with Crippen molar-refractivity contribution in [1.82, 2.24) is 0 Å². The molecule has 3 rings (SSSR count). The Bertz CT molecular complexity index is 851. The van der Waals surface area contributed by atoms with Gasteiger partial charge in [-0.15, -0.1) is 0 Å². The summed E-state index contributed by atoms with van der Waals surface area (Å²) in [7, 11) is 0. The number of carbonyl (C=O) groups excluding carboxylic acids is 2. The number of nitrogens with zero attached hydrogens (tertiary/aromatic N) is 1. The van der Waals surface area contributed by atoms with Crippen molar-refractivity contribution in [1.29, 1.82) is 5.26 Å². The van der Waals surface area contributed by atoms with Crippen LogP contribution in [0.5, 0.6) is 0 Å². The van der Waals surface area contributed by atoms with Crippen molar-refractivity contribution in [2.24, 2.45) is 5.92 Å². The van der Waals surface area contributed by atoms with Gasteiger partial charge in [0.15, 0.2) is 0 Å². The summed E-state index contributed by atoms with van der Waals surface area (Å²) in [5.41, 5.74) is 2.42. The van der Waals surface area contributed by atoms with E-state index < -0.39 is 6.04 Å². The molecule has 1 atom stereocenters. The van der Waals surface area contributed by atoms with E-state index in [1.165, 1.54) is 0 Å². The third-order valence-corrected chi connectivity index (χ3v) is 4.18. The van der Waals surface area contributed by atoms with Crippen LogP contribution in [0.1, 0.15) is 25.3 Å². The number of carbonyl (C=O) groups is 2. The standard InChI is InChI=1S/C20H20N4O2/c1-13(19(25)24-18-5-3-2-4-15(18)12-21)22-16-8-10-17(11-9-16)23-20(26)14-6-7-14/h2-5,8-11,13-14,22H,6-7H2,1H3,(H,23,26)(H,24,25). The predicted molar refractivity (Wildman–Crippen MR) is 101 cm³/mol. The molecule has 1 fully saturated rings. The molecule has 132 valence electrons. The number of hydrogen-bond donors (Lipinski definition) is 3. The highest BCUT2D eigenvalue weighted by atomic mass is 16.2. The highest BCUT2D eigenvalue weighted by molar-refractivity contribution is 5.97. The Morgan fingerprint density at radius 2 is 1.69 bits per heavy atom. The number of rotatable bonds is 6. The number of anilines is 3. The molecule has 1 saturated carbocycles. The number of benzene rings is 2. The van der Waals surface area contributed by atoms with Gasteiger partial charge >= 0.3 is 0 Å². The Morgan fingerprint density at radius 3 is 2.35 bits per heavy atom. The molecule has 0 heterocycles. The quantitative estimate of drug-likeness (QED) is 0.746. The van der Waals surface area contributed by atoms with Gasteiger partial charge in [0.1, 0.15) is 12.1 Å². The van der Waals surface area contributed by atoms with Crippen molar-refractivity contribution in [3.05, 3.63) is 54.1 Å². The molecule has 0 aromatic heterocycles. The van der Waals surface area contributed by atoms with Crippen molar-refractivity contribution in [2.75, 3.05) is 16.0 Å². The maximum Gasteiger partial charge on any atom is 0.246 e. The largest absolute Gasteiger partial charge is 0.374 e. The fourth-order valence-electron chi connectivity index (χ4n) is 2.49. The summed E-state index contributed by atoms with van der Waals surface area (Å²) in [6.45, 7) is 1.74. The molecule has 6 nitrogen and oxygen atoms in total. The van der Waals surface area contributed by atoms with Crippen molar-refractivity contribution in [3.63, 3.8) is 0 Å². The summed E-state index contributed by atoms with van der Waals surface area (Å²) < 4.78 is 0. The highest BCUT2D eigenvalue weighted by Gasteiger charge is 2.29. The van der Waals surface area contributed by atoms with E-state index in [0.29, 0.717) is 11.3 Å². The zero-order valence-corrected chi connectivity index (χ0v) is 14.5. The van der Waals surface area contributed by atoms with E-state index in [0.717, 1.165) is 24.2 Å². The lowest BCUT2D eigenvalue weighted by molar-refractivity contribution is -0.117. The van der Waals surface area contributed by atoms with Crippen LogP contribution in [-0.4, -0.2) is 17.9 Å². The second-order valence-electron chi connectivity index (χ2n) is 6.35. The van der Waals surface area contributed by atoms with E-state index in [1.807, 2.05) is 12.1 Å². The van der Waals surface area contributed by atoms with Crippen LogP contribution in [-0.2, 0) is 9.59 Å². The highest BCUT2D eigenvalue weighted by Crippen LogP contribution is 2.30. The molecule has 0 spiro atoms. The van der Waals surface area contributed by atoms with Crippen LogP contribution in [0.15, 0.2) is 48.5 Å². The van der Waals surface area contributed by atoms with Gasteiger partial charge in [0.25, 0.3) is 0 Å². The monoisotopic (exact) mass is 348 g/mol. The predicted octanol–water partition coefficient (Wildman–Crippen LogP) is 3.35. The van der Waals surface area contributed by atoms with Gasteiger partial charge in [-0.1, -0.05) is 12.1 Å². The molecule has 1 unspecified atom stereocenters. The topological polar surface area (TPSA) is 94.0 Å². The van der Waals surface area contributed by atoms with E-state index in [-0.39, 0.29) is 17.7 Å². The molecule has 0 aliphatic heterocycles. The second kappa shape index (κ2) is 7.70. The van der Waals surface area contributed by atoms with Gasteiger partial charge in [0, 0.05) is 17.3 Å². The lowest BCUT2D eigenvalue weighted by Crippen LogP contribution is -2.32. The van der Waals surface area contributed by atoms with Gasteiger partial charge in [-0.25, -0.2) is 0 Å². The lowest BCUT2D eigenvalue weighted by Gasteiger charge is -2.16. The van der Waals surface area contributed by atoms with Crippen molar-refractivity contribution < 1.29 is 9.59 Å². The SMILES string of the molecule is CC(Nc1ccc(NC(=O)C2CC2)cc1)C(=O)Nc1ccccc1C#N. The summed E-state index contributed by atoms with van der Waals surface area (Å²) in [5.74, 6) is -0.0127. The number of nitriles is 1. The van der Waals surface area contributed by atoms with Gasteiger partial charge in [0.05, 0.1) is 11.3 Å². The molecule has 0 saturated heterocycles. The molecular formula is C20H20N4O2. The Hall–Kier alpha value is -3.33. The Balaban J connectivity index is 1.56. The normalized spacial score (nSPS) is 14.0. The van der Waals surface area contributed by atoms with Crippen LogP contribution in [0.4, 0.5) is 17.1 Å². The molecule has 26 heavy (non-hydrogen) atoms. The number of amides is 2. The summed E-state index contributed by atoms with van der Waals surface area (Å²) in [6.07, 6.45) is 1.93. The fourth-order valence-corrected chi connectivity index (χ4v) is 2.49. The summed E-state index contributed by atoms with van der Waals surface area (Å²) in [5, 5.41) is 17.8. The van der Waals surface area contributed by atoms with Gasteiger partial charge < -0.3 is 16.0 Å². The van der Waals surface area contributed by atoms with Crippen molar-refractivity contribution in [2.45, 2.75) is 25.8 Å². The first-order valence-corrected chi connectivity index (χ1v) is 8.54. The maximum absolute atomic E-state index is 12.3. The molecule has 1 aliphatic rings. The van der Waals surface area contributed by atoms with E-state index >= 15 is 0 Å². The maximum atomic E-state index is 12.3. The third kappa shape index (κ3) is 4.39. The summed E-state index contributed by atoms with van der Waals surface area (Å²) >= 11 is 0.